The zero-order chi connectivity index (χ0) is 25.8. The number of aliphatic hydroxyl groups is 1. The number of ether oxygens (including phenoxy) is 2. The maximum atomic E-state index is 13.3. The number of aliphatic hydroxyl groups excluding tert-OH is 1. The van der Waals surface area contributed by atoms with Crippen molar-refractivity contribution < 1.29 is 24.2 Å². The molecule has 186 valence electrons. The molecule has 2 aromatic carbocycles. The quantitative estimate of drug-likeness (QED) is 0.250. The number of halogens is 1. The summed E-state index contributed by atoms with van der Waals surface area (Å²) in [5, 5.41) is 11.6. The predicted octanol–water partition coefficient (Wildman–Crippen LogP) is 5.40. The van der Waals surface area contributed by atoms with Crippen LogP contribution in [0, 0.1) is 5.92 Å². The van der Waals surface area contributed by atoms with Gasteiger partial charge in [0.1, 0.15) is 17.3 Å². The third kappa shape index (κ3) is 5.21. The van der Waals surface area contributed by atoms with Crippen molar-refractivity contribution in [2.45, 2.75) is 26.4 Å². The second-order valence-electron chi connectivity index (χ2n) is 8.87. The minimum absolute atomic E-state index is 0.0295. The monoisotopic (exact) mass is 506 g/mol. The van der Waals surface area contributed by atoms with E-state index in [9.17, 15) is 14.7 Å². The van der Waals surface area contributed by atoms with Gasteiger partial charge in [-0.05, 0) is 53.9 Å². The second-order valence-corrected chi connectivity index (χ2v) is 9.28. The number of nitrogens with zero attached hydrogens (tertiary/aromatic N) is 2. The van der Waals surface area contributed by atoms with Gasteiger partial charge < -0.3 is 19.5 Å². The van der Waals surface area contributed by atoms with Crippen molar-refractivity contribution in [3.8, 4) is 11.5 Å². The summed E-state index contributed by atoms with van der Waals surface area (Å²) in [4.78, 5) is 32.3. The molecule has 1 amide bonds. The molecule has 36 heavy (non-hydrogen) atoms. The average Bonchev–Trinajstić information content (AvgIpc) is 3.12. The number of ketones is 1. The molecule has 1 N–H and O–H groups in total. The van der Waals surface area contributed by atoms with Crippen LogP contribution in [0.25, 0.3) is 5.76 Å². The number of Topliss-reactive ketones (excluding diaryl/α,β-unsaturated/α-hetero) is 1. The molecular weight excluding hydrogens is 480 g/mol. The molecule has 3 aromatic rings. The van der Waals surface area contributed by atoms with Gasteiger partial charge in [0.2, 0.25) is 0 Å². The molecule has 1 unspecified atom stereocenters. The molecule has 0 bridgehead atoms. The first kappa shape index (κ1) is 25.3. The number of rotatable bonds is 8. The number of carbonyl (C=O) groups is 2. The summed E-state index contributed by atoms with van der Waals surface area (Å²) in [6.07, 6.45) is 1.63. The standard InChI is InChI=1S/C28H27ClN2O5/c1-17(2)16-36-21-9-6-7-18(13-21)25-24(26(32)19-10-11-23(35-3)22(29)14-19)27(33)28(34)31(25)15-20-8-4-5-12-30-20/h4-14,17,25,32H,15-16H2,1-3H3/b26-24+. The number of benzene rings is 2. The molecule has 0 aliphatic carbocycles. The van der Waals surface area contributed by atoms with Crippen LogP contribution in [0.3, 0.4) is 0 Å². The molecule has 7 nitrogen and oxygen atoms in total. The van der Waals surface area contributed by atoms with E-state index in [1.807, 2.05) is 26.0 Å². The van der Waals surface area contributed by atoms with Crippen LogP contribution in [0.4, 0.5) is 0 Å². The Bertz CT molecular complexity index is 1310. The Balaban J connectivity index is 1.84. The number of amides is 1. The zero-order valence-corrected chi connectivity index (χ0v) is 21.0. The first-order valence-corrected chi connectivity index (χ1v) is 11.9. The van der Waals surface area contributed by atoms with Crippen LogP contribution in [-0.4, -0.2) is 40.4 Å². The van der Waals surface area contributed by atoms with E-state index in [0.717, 1.165) is 0 Å². The molecule has 1 atom stereocenters. The molecular formula is C28H27ClN2O5. The van der Waals surface area contributed by atoms with Crippen LogP contribution >= 0.6 is 11.6 Å². The second kappa shape index (κ2) is 10.8. The number of carbonyl (C=O) groups excluding carboxylic acids is 2. The Morgan fingerprint density at radius 1 is 1.11 bits per heavy atom. The summed E-state index contributed by atoms with van der Waals surface area (Å²) in [5.41, 5.74) is 1.52. The minimum atomic E-state index is -0.851. The lowest BCUT2D eigenvalue weighted by molar-refractivity contribution is -0.140. The summed E-state index contributed by atoms with van der Waals surface area (Å²) in [5.74, 6) is -0.468. The number of hydrogen-bond donors (Lipinski definition) is 1. The maximum Gasteiger partial charge on any atom is 0.296 e. The van der Waals surface area contributed by atoms with Crippen LogP contribution in [-0.2, 0) is 16.1 Å². The Morgan fingerprint density at radius 3 is 2.58 bits per heavy atom. The Hall–Kier alpha value is -3.84. The first-order valence-electron chi connectivity index (χ1n) is 11.5. The van der Waals surface area contributed by atoms with E-state index in [1.54, 1.807) is 48.7 Å². The van der Waals surface area contributed by atoms with Crippen LogP contribution < -0.4 is 9.47 Å². The molecule has 2 heterocycles. The number of aromatic nitrogens is 1. The normalized spacial score (nSPS) is 17.0. The van der Waals surface area contributed by atoms with Gasteiger partial charge in [-0.15, -0.1) is 0 Å². The fourth-order valence-corrected chi connectivity index (χ4v) is 4.32. The van der Waals surface area contributed by atoms with E-state index < -0.39 is 17.7 Å². The molecule has 1 aliphatic heterocycles. The van der Waals surface area contributed by atoms with Gasteiger partial charge in [-0.3, -0.25) is 14.6 Å². The van der Waals surface area contributed by atoms with E-state index in [1.165, 1.54) is 18.1 Å². The van der Waals surface area contributed by atoms with Gasteiger partial charge in [0.05, 0.1) is 42.6 Å². The predicted molar refractivity (Wildman–Crippen MR) is 137 cm³/mol. The average molecular weight is 507 g/mol. The third-order valence-corrected chi connectivity index (χ3v) is 6.08. The summed E-state index contributed by atoms with van der Waals surface area (Å²) in [7, 11) is 1.48. The highest BCUT2D eigenvalue weighted by Crippen LogP contribution is 2.41. The number of likely N-dealkylation sites (tertiary alicyclic amines) is 1. The van der Waals surface area contributed by atoms with Crippen LogP contribution in [0.1, 0.15) is 36.7 Å². The fraction of sp³-hybridized carbons (Fsp3) is 0.250. The topological polar surface area (TPSA) is 89.0 Å². The smallest absolute Gasteiger partial charge is 0.296 e. The van der Waals surface area contributed by atoms with Gasteiger partial charge in [0, 0.05) is 11.8 Å². The summed E-state index contributed by atoms with van der Waals surface area (Å²) < 4.78 is 11.1. The molecule has 0 radical (unpaired) electrons. The van der Waals surface area contributed by atoms with E-state index in [-0.39, 0.29) is 22.9 Å². The van der Waals surface area contributed by atoms with Gasteiger partial charge in [0.15, 0.2) is 0 Å². The Labute approximate surface area is 214 Å². The van der Waals surface area contributed by atoms with E-state index in [2.05, 4.69) is 4.98 Å². The highest BCUT2D eigenvalue weighted by molar-refractivity contribution is 6.46. The highest BCUT2D eigenvalue weighted by atomic mass is 35.5. The molecule has 0 saturated carbocycles. The number of methoxy groups -OCH3 is 1. The van der Waals surface area contributed by atoms with Crippen LogP contribution in [0.15, 0.2) is 72.4 Å². The van der Waals surface area contributed by atoms with Gasteiger partial charge in [-0.2, -0.15) is 0 Å². The van der Waals surface area contributed by atoms with Crippen LogP contribution in [0.5, 0.6) is 11.5 Å². The first-order chi connectivity index (χ1) is 17.3. The summed E-state index contributed by atoms with van der Waals surface area (Å²) >= 11 is 6.27. The molecule has 1 aliphatic rings. The lowest BCUT2D eigenvalue weighted by atomic mass is 9.95. The van der Waals surface area contributed by atoms with Gasteiger partial charge >= 0.3 is 0 Å². The van der Waals surface area contributed by atoms with Crippen molar-refractivity contribution in [3.05, 3.63) is 94.3 Å². The van der Waals surface area contributed by atoms with Gasteiger partial charge in [-0.1, -0.05) is 43.6 Å². The fourth-order valence-electron chi connectivity index (χ4n) is 4.06. The number of hydrogen-bond acceptors (Lipinski definition) is 6. The summed E-state index contributed by atoms with van der Waals surface area (Å²) in [6.45, 7) is 4.70. The molecule has 1 aromatic heterocycles. The molecule has 1 fully saturated rings. The summed E-state index contributed by atoms with van der Waals surface area (Å²) in [6, 6.07) is 16.4. The zero-order valence-electron chi connectivity index (χ0n) is 20.3. The van der Waals surface area contributed by atoms with Gasteiger partial charge in [-0.25, -0.2) is 0 Å². The highest BCUT2D eigenvalue weighted by Gasteiger charge is 2.46. The van der Waals surface area contributed by atoms with Crippen molar-refractivity contribution in [2.24, 2.45) is 5.92 Å². The lowest BCUT2D eigenvalue weighted by Crippen LogP contribution is -2.29. The molecule has 0 spiro atoms. The largest absolute Gasteiger partial charge is 0.507 e. The van der Waals surface area contributed by atoms with Crippen molar-refractivity contribution >= 4 is 29.1 Å². The SMILES string of the molecule is COc1ccc(/C(O)=C2\C(=O)C(=O)N(Cc3ccccn3)C2c2cccc(OCC(C)C)c2)cc1Cl. The third-order valence-electron chi connectivity index (χ3n) is 5.78. The van der Waals surface area contributed by atoms with Crippen molar-refractivity contribution in [2.75, 3.05) is 13.7 Å². The minimum Gasteiger partial charge on any atom is -0.507 e. The van der Waals surface area contributed by atoms with Gasteiger partial charge in [0.25, 0.3) is 11.7 Å². The Kier molecular flexibility index (Phi) is 7.60. The molecule has 8 heteroatoms. The Morgan fingerprint density at radius 2 is 1.92 bits per heavy atom. The van der Waals surface area contributed by atoms with E-state index >= 15 is 0 Å². The molecule has 1 saturated heterocycles. The van der Waals surface area contributed by atoms with Crippen molar-refractivity contribution in [3.63, 3.8) is 0 Å². The van der Waals surface area contributed by atoms with E-state index in [4.69, 9.17) is 21.1 Å². The van der Waals surface area contributed by atoms with Crippen LogP contribution in [0.2, 0.25) is 5.02 Å². The van der Waals surface area contributed by atoms with E-state index in [0.29, 0.717) is 40.8 Å². The molecule has 4 rings (SSSR count). The maximum absolute atomic E-state index is 13.3. The van der Waals surface area contributed by atoms with Crippen molar-refractivity contribution in [1.82, 2.24) is 9.88 Å². The number of pyridine rings is 1. The lowest BCUT2D eigenvalue weighted by Gasteiger charge is -2.25. The van der Waals surface area contributed by atoms with Crippen molar-refractivity contribution in [1.29, 1.82) is 0 Å².